The molecule has 0 unspecified atom stereocenters. The molecule has 1 atom stereocenters. The van der Waals surface area contributed by atoms with Gasteiger partial charge in [0.25, 0.3) is 0 Å². The van der Waals surface area contributed by atoms with Crippen LogP contribution in [0.3, 0.4) is 0 Å². The van der Waals surface area contributed by atoms with Crippen LogP contribution in [0.15, 0.2) is 22.8 Å². The van der Waals surface area contributed by atoms with Crippen molar-refractivity contribution in [1.82, 2.24) is 0 Å². The second-order valence-corrected chi connectivity index (χ2v) is 6.87. The minimum atomic E-state index is -0.356. The average molecular weight is 310 g/mol. The van der Waals surface area contributed by atoms with Gasteiger partial charge in [-0.2, -0.15) is 0 Å². The lowest BCUT2D eigenvalue weighted by Crippen LogP contribution is -2.34. The zero-order chi connectivity index (χ0) is 16.4. The van der Waals surface area contributed by atoms with Crippen molar-refractivity contribution in [3.05, 3.63) is 57.5 Å². The van der Waals surface area contributed by atoms with Gasteiger partial charge in [-0.1, -0.05) is 13.0 Å². The molecule has 4 rings (SSSR count). The number of ketones is 2. The van der Waals surface area contributed by atoms with E-state index in [2.05, 4.69) is 0 Å². The number of hydrogen-bond acceptors (Lipinski definition) is 4. The van der Waals surface area contributed by atoms with Gasteiger partial charge in [0.1, 0.15) is 0 Å². The molecule has 0 radical (unpaired) electrons. The summed E-state index contributed by atoms with van der Waals surface area (Å²) in [5.74, 6) is -0.189. The minimum absolute atomic E-state index is 0.0338. The topological polar surface area (TPSA) is 67.5 Å². The number of carbonyl (C=O) groups excluding carboxylic acids is 2. The van der Waals surface area contributed by atoms with Crippen LogP contribution in [0.1, 0.15) is 68.5 Å². The molecule has 1 aromatic carbocycles. The van der Waals surface area contributed by atoms with Crippen LogP contribution < -0.4 is 0 Å². The van der Waals surface area contributed by atoms with Gasteiger partial charge in [0.2, 0.25) is 5.78 Å². The van der Waals surface area contributed by atoms with Crippen LogP contribution in [0.2, 0.25) is 0 Å². The predicted molar refractivity (Wildman–Crippen MR) is 84.1 cm³/mol. The number of aliphatic hydroxyl groups is 1. The van der Waals surface area contributed by atoms with Gasteiger partial charge in [0.15, 0.2) is 11.5 Å². The minimum Gasteiger partial charge on any atom is -0.460 e. The molecule has 4 heteroatoms. The van der Waals surface area contributed by atoms with Crippen LogP contribution in [0.25, 0.3) is 0 Å². The molecule has 118 valence electrons. The Labute approximate surface area is 134 Å². The number of rotatable bonds is 1. The molecule has 2 aliphatic rings. The lowest BCUT2D eigenvalue weighted by Gasteiger charge is -2.36. The summed E-state index contributed by atoms with van der Waals surface area (Å²) >= 11 is 0. The van der Waals surface area contributed by atoms with Gasteiger partial charge in [-0.3, -0.25) is 9.59 Å². The molecular weight excluding hydrogens is 292 g/mol. The molecule has 0 aliphatic heterocycles. The van der Waals surface area contributed by atoms with Crippen LogP contribution in [0, 0.1) is 6.92 Å². The standard InChI is InChI=1S/C19H18O4/c1-10-8-23-18-14(10)16(21)12-5-6-13-11(15(12)17(18)22)4-3-7-19(13,2)9-20/h5-6,8,20H,3-4,7,9H2,1-2H3/t19-/m0/s1. The third kappa shape index (κ3) is 1.75. The number of furan rings is 1. The number of carbonyl (C=O) groups is 2. The highest BCUT2D eigenvalue weighted by Crippen LogP contribution is 2.42. The summed E-state index contributed by atoms with van der Waals surface area (Å²) in [7, 11) is 0. The Bertz CT molecular complexity index is 858. The number of aryl methyl sites for hydroxylation is 1. The normalized spacial score (nSPS) is 22.6. The fraction of sp³-hybridized carbons (Fsp3) is 0.368. The third-order valence-electron chi connectivity index (χ3n) is 5.35. The Kier molecular flexibility index (Phi) is 2.91. The molecule has 2 aliphatic carbocycles. The largest absolute Gasteiger partial charge is 0.460 e. The summed E-state index contributed by atoms with van der Waals surface area (Å²) < 4.78 is 5.38. The van der Waals surface area contributed by atoms with Gasteiger partial charge in [-0.15, -0.1) is 0 Å². The van der Waals surface area contributed by atoms with Gasteiger partial charge in [-0.25, -0.2) is 0 Å². The van der Waals surface area contributed by atoms with Crippen molar-refractivity contribution in [1.29, 1.82) is 0 Å². The molecule has 0 fully saturated rings. The number of aliphatic hydroxyl groups excluding tert-OH is 1. The van der Waals surface area contributed by atoms with E-state index in [1.807, 2.05) is 13.0 Å². The first-order valence-corrected chi connectivity index (χ1v) is 7.92. The van der Waals surface area contributed by atoms with Crippen molar-refractivity contribution < 1.29 is 19.1 Å². The summed E-state index contributed by atoms with van der Waals surface area (Å²) in [6.07, 6.45) is 3.99. The Morgan fingerprint density at radius 2 is 2.00 bits per heavy atom. The zero-order valence-corrected chi connectivity index (χ0v) is 13.2. The second kappa shape index (κ2) is 4.65. The summed E-state index contributed by atoms with van der Waals surface area (Å²) in [4.78, 5) is 25.7. The Balaban J connectivity index is 2.00. The van der Waals surface area contributed by atoms with Gasteiger partial charge < -0.3 is 9.52 Å². The first-order valence-electron chi connectivity index (χ1n) is 7.92. The summed E-state index contributed by atoms with van der Waals surface area (Å²) in [5, 5.41) is 9.81. The first kappa shape index (κ1) is 14.4. The molecule has 0 spiro atoms. The number of benzene rings is 1. The maximum Gasteiger partial charge on any atom is 0.229 e. The van der Waals surface area contributed by atoms with Crippen LogP contribution in [-0.4, -0.2) is 23.3 Å². The molecule has 0 amide bonds. The van der Waals surface area contributed by atoms with Gasteiger partial charge in [0, 0.05) is 16.5 Å². The molecule has 0 saturated carbocycles. The van der Waals surface area contributed by atoms with Gasteiger partial charge in [-0.05, 0) is 48.9 Å². The van der Waals surface area contributed by atoms with Crippen molar-refractivity contribution >= 4 is 11.6 Å². The molecule has 1 heterocycles. The fourth-order valence-electron chi connectivity index (χ4n) is 4.02. The highest BCUT2D eigenvalue weighted by atomic mass is 16.3. The maximum absolute atomic E-state index is 12.9. The number of fused-ring (bicyclic) bond motifs is 4. The van der Waals surface area contributed by atoms with E-state index in [4.69, 9.17) is 4.42 Å². The van der Waals surface area contributed by atoms with E-state index in [1.54, 1.807) is 13.0 Å². The lowest BCUT2D eigenvalue weighted by molar-refractivity contribution is 0.0958. The molecule has 4 nitrogen and oxygen atoms in total. The number of hydrogen-bond donors (Lipinski definition) is 1. The van der Waals surface area contributed by atoms with E-state index in [9.17, 15) is 14.7 Å². The van der Waals surface area contributed by atoms with E-state index in [0.717, 1.165) is 30.4 Å². The van der Waals surface area contributed by atoms with Crippen LogP contribution in [0.4, 0.5) is 0 Å². The molecular formula is C19H18O4. The average Bonchev–Trinajstić information content (AvgIpc) is 2.94. The van der Waals surface area contributed by atoms with Gasteiger partial charge >= 0.3 is 0 Å². The molecule has 0 bridgehead atoms. The molecule has 1 aromatic heterocycles. The SMILES string of the molecule is Cc1coc2c1C(=O)c1ccc3c(c1C2=O)CCC[C@@]3(C)CO. The van der Waals surface area contributed by atoms with E-state index in [0.29, 0.717) is 22.3 Å². The van der Waals surface area contributed by atoms with E-state index < -0.39 is 0 Å². The van der Waals surface area contributed by atoms with Crippen molar-refractivity contribution in [3.8, 4) is 0 Å². The van der Waals surface area contributed by atoms with E-state index in [1.165, 1.54) is 6.26 Å². The Morgan fingerprint density at radius 1 is 1.22 bits per heavy atom. The second-order valence-electron chi connectivity index (χ2n) is 6.87. The van der Waals surface area contributed by atoms with Crippen LogP contribution in [0.5, 0.6) is 0 Å². The predicted octanol–water partition coefficient (Wildman–Crippen LogP) is 2.95. The Morgan fingerprint density at radius 3 is 2.74 bits per heavy atom. The summed E-state index contributed by atoms with van der Waals surface area (Å²) in [6.45, 7) is 3.82. The fourth-order valence-corrected chi connectivity index (χ4v) is 4.02. The zero-order valence-electron chi connectivity index (χ0n) is 13.2. The molecule has 23 heavy (non-hydrogen) atoms. The maximum atomic E-state index is 12.9. The first-order chi connectivity index (χ1) is 11.0. The Hall–Kier alpha value is -2.20. The van der Waals surface area contributed by atoms with Crippen LogP contribution >= 0.6 is 0 Å². The lowest BCUT2D eigenvalue weighted by atomic mass is 9.68. The van der Waals surface area contributed by atoms with Gasteiger partial charge in [0.05, 0.1) is 18.4 Å². The monoisotopic (exact) mass is 310 g/mol. The van der Waals surface area contributed by atoms with E-state index in [-0.39, 0.29) is 29.3 Å². The highest BCUT2D eigenvalue weighted by Gasteiger charge is 2.40. The highest BCUT2D eigenvalue weighted by molar-refractivity contribution is 6.28. The van der Waals surface area contributed by atoms with E-state index >= 15 is 0 Å². The molecule has 2 aromatic rings. The van der Waals surface area contributed by atoms with Crippen LogP contribution in [-0.2, 0) is 11.8 Å². The van der Waals surface area contributed by atoms with Crippen molar-refractivity contribution in [2.75, 3.05) is 6.61 Å². The van der Waals surface area contributed by atoms with Crippen molar-refractivity contribution in [2.45, 2.75) is 38.5 Å². The molecule has 0 saturated heterocycles. The summed E-state index contributed by atoms with van der Waals surface area (Å²) in [6, 6.07) is 3.65. The summed E-state index contributed by atoms with van der Waals surface area (Å²) in [5.41, 5.74) is 3.57. The van der Waals surface area contributed by atoms with Crippen molar-refractivity contribution in [2.24, 2.45) is 0 Å². The smallest absolute Gasteiger partial charge is 0.229 e. The van der Waals surface area contributed by atoms with Crippen molar-refractivity contribution in [3.63, 3.8) is 0 Å². The third-order valence-corrected chi connectivity index (χ3v) is 5.35. The quantitative estimate of drug-likeness (QED) is 0.750. The molecule has 1 N–H and O–H groups in total.